The molecule has 0 unspecified atom stereocenters. The van der Waals surface area contributed by atoms with Crippen molar-refractivity contribution >= 4 is 16.5 Å². The van der Waals surface area contributed by atoms with Crippen molar-refractivity contribution in [2.24, 2.45) is 5.92 Å². The second-order valence-electron chi connectivity index (χ2n) is 5.97. The summed E-state index contributed by atoms with van der Waals surface area (Å²) in [4.78, 5) is 4.45. The fourth-order valence-corrected chi connectivity index (χ4v) is 2.80. The van der Waals surface area contributed by atoms with Crippen LogP contribution < -0.4 is 10.1 Å². The first-order valence-electron chi connectivity index (χ1n) is 7.94. The summed E-state index contributed by atoms with van der Waals surface area (Å²) in [6.45, 7) is 0.522. The Morgan fingerprint density at radius 3 is 2.78 bits per heavy atom. The molecule has 2 aromatic carbocycles. The number of hydrogen-bond donors (Lipinski definition) is 1. The van der Waals surface area contributed by atoms with Crippen LogP contribution in [-0.2, 0) is 13.0 Å². The highest BCUT2D eigenvalue weighted by Crippen LogP contribution is 2.32. The molecule has 1 saturated carbocycles. The molecule has 0 aliphatic heterocycles. The average Bonchev–Trinajstić information content (AvgIpc) is 3.29. The van der Waals surface area contributed by atoms with E-state index in [9.17, 15) is 0 Å². The van der Waals surface area contributed by atoms with Gasteiger partial charge in [-0.25, -0.2) is 0 Å². The SMILES string of the molecule is COc1ccc(NCc2nc(CC3CC3)no2)c2ccccc12. The molecule has 0 radical (unpaired) electrons. The summed E-state index contributed by atoms with van der Waals surface area (Å²) >= 11 is 0. The molecule has 118 valence electrons. The summed E-state index contributed by atoms with van der Waals surface area (Å²) in [7, 11) is 1.69. The van der Waals surface area contributed by atoms with Crippen LogP contribution in [0.15, 0.2) is 40.9 Å². The van der Waals surface area contributed by atoms with Gasteiger partial charge < -0.3 is 14.6 Å². The predicted molar refractivity (Wildman–Crippen MR) is 88.6 cm³/mol. The van der Waals surface area contributed by atoms with Crippen LogP contribution in [-0.4, -0.2) is 17.3 Å². The van der Waals surface area contributed by atoms with Crippen molar-refractivity contribution in [1.29, 1.82) is 0 Å². The van der Waals surface area contributed by atoms with E-state index in [0.717, 1.165) is 40.4 Å². The second-order valence-corrected chi connectivity index (χ2v) is 5.97. The summed E-state index contributed by atoms with van der Waals surface area (Å²) in [5.74, 6) is 3.08. The van der Waals surface area contributed by atoms with Crippen molar-refractivity contribution in [2.75, 3.05) is 12.4 Å². The lowest BCUT2D eigenvalue weighted by Crippen LogP contribution is -2.01. The van der Waals surface area contributed by atoms with E-state index in [1.54, 1.807) is 7.11 Å². The maximum Gasteiger partial charge on any atom is 0.245 e. The Morgan fingerprint density at radius 1 is 1.17 bits per heavy atom. The lowest BCUT2D eigenvalue weighted by Gasteiger charge is -2.11. The molecule has 0 spiro atoms. The minimum atomic E-state index is 0.522. The molecule has 0 bridgehead atoms. The van der Waals surface area contributed by atoms with Gasteiger partial charge in [-0.15, -0.1) is 0 Å². The first kappa shape index (κ1) is 14.1. The lowest BCUT2D eigenvalue weighted by atomic mass is 10.1. The molecule has 5 heteroatoms. The summed E-state index contributed by atoms with van der Waals surface area (Å²) in [5.41, 5.74) is 1.03. The molecular formula is C18H19N3O2. The highest BCUT2D eigenvalue weighted by Gasteiger charge is 2.24. The zero-order valence-corrected chi connectivity index (χ0v) is 13.1. The van der Waals surface area contributed by atoms with Crippen molar-refractivity contribution < 1.29 is 9.26 Å². The van der Waals surface area contributed by atoms with Gasteiger partial charge in [0, 0.05) is 22.9 Å². The van der Waals surface area contributed by atoms with Crippen molar-refractivity contribution in [3.63, 3.8) is 0 Å². The number of methoxy groups -OCH3 is 1. The van der Waals surface area contributed by atoms with Gasteiger partial charge in [0.2, 0.25) is 5.89 Å². The minimum absolute atomic E-state index is 0.522. The molecular weight excluding hydrogens is 290 g/mol. The Hall–Kier alpha value is -2.56. The van der Waals surface area contributed by atoms with Crippen LogP contribution in [0.4, 0.5) is 5.69 Å². The van der Waals surface area contributed by atoms with Crippen LogP contribution in [0.2, 0.25) is 0 Å². The monoisotopic (exact) mass is 309 g/mol. The van der Waals surface area contributed by atoms with E-state index in [4.69, 9.17) is 9.26 Å². The molecule has 5 nitrogen and oxygen atoms in total. The molecule has 1 N–H and O–H groups in total. The van der Waals surface area contributed by atoms with Gasteiger partial charge in [0.1, 0.15) is 5.75 Å². The van der Waals surface area contributed by atoms with Crippen LogP contribution in [0.1, 0.15) is 24.6 Å². The van der Waals surface area contributed by atoms with Gasteiger partial charge in [-0.2, -0.15) is 4.98 Å². The van der Waals surface area contributed by atoms with Crippen molar-refractivity contribution in [3.8, 4) is 5.75 Å². The third kappa shape index (κ3) is 2.99. The molecule has 1 aromatic heterocycles. The van der Waals surface area contributed by atoms with Crippen molar-refractivity contribution in [1.82, 2.24) is 10.1 Å². The molecule has 1 aliphatic carbocycles. The minimum Gasteiger partial charge on any atom is -0.496 e. The van der Waals surface area contributed by atoms with Crippen LogP contribution in [0.3, 0.4) is 0 Å². The van der Waals surface area contributed by atoms with Gasteiger partial charge in [-0.1, -0.05) is 29.4 Å². The van der Waals surface area contributed by atoms with Crippen molar-refractivity contribution in [3.05, 3.63) is 48.1 Å². The Balaban J connectivity index is 1.52. The summed E-state index contributed by atoms with van der Waals surface area (Å²) in [6.07, 6.45) is 3.52. The number of nitrogens with one attached hydrogen (secondary N) is 1. The Morgan fingerprint density at radius 2 is 2.00 bits per heavy atom. The number of fused-ring (bicyclic) bond motifs is 1. The highest BCUT2D eigenvalue weighted by molar-refractivity contribution is 5.97. The van der Waals surface area contributed by atoms with Crippen LogP contribution in [0.25, 0.3) is 10.8 Å². The third-order valence-electron chi connectivity index (χ3n) is 4.21. The second kappa shape index (κ2) is 5.91. The molecule has 0 amide bonds. The van der Waals surface area contributed by atoms with Gasteiger partial charge >= 0.3 is 0 Å². The summed E-state index contributed by atoms with van der Waals surface area (Å²) < 4.78 is 10.7. The lowest BCUT2D eigenvalue weighted by molar-refractivity contribution is 0.377. The van der Waals surface area contributed by atoms with E-state index < -0.39 is 0 Å². The van der Waals surface area contributed by atoms with E-state index in [1.807, 2.05) is 24.3 Å². The number of rotatable bonds is 6. The topological polar surface area (TPSA) is 60.2 Å². The number of nitrogens with zero attached hydrogens (tertiary/aromatic N) is 2. The number of hydrogen-bond acceptors (Lipinski definition) is 5. The standard InChI is InChI=1S/C18H19N3O2/c1-22-16-9-8-15(13-4-2-3-5-14(13)16)19-11-18-20-17(21-23-18)10-12-6-7-12/h2-5,8-9,12,19H,6-7,10-11H2,1H3. The Bertz CT molecular complexity index is 824. The van der Waals surface area contributed by atoms with E-state index in [2.05, 4.69) is 27.6 Å². The van der Waals surface area contributed by atoms with Crippen LogP contribution in [0.5, 0.6) is 5.75 Å². The number of ether oxygens (including phenoxy) is 1. The first-order valence-corrected chi connectivity index (χ1v) is 7.94. The Kier molecular flexibility index (Phi) is 3.61. The smallest absolute Gasteiger partial charge is 0.245 e. The molecule has 0 saturated heterocycles. The van der Waals surface area contributed by atoms with E-state index in [0.29, 0.717) is 12.4 Å². The van der Waals surface area contributed by atoms with Gasteiger partial charge in [-0.3, -0.25) is 0 Å². The van der Waals surface area contributed by atoms with Crippen LogP contribution >= 0.6 is 0 Å². The van der Waals surface area contributed by atoms with Gasteiger partial charge in [-0.05, 0) is 30.9 Å². The summed E-state index contributed by atoms with van der Waals surface area (Å²) in [6, 6.07) is 12.1. The molecule has 1 heterocycles. The molecule has 23 heavy (non-hydrogen) atoms. The zero-order valence-electron chi connectivity index (χ0n) is 13.1. The maximum absolute atomic E-state index is 5.42. The van der Waals surface area contributed by atoms with Crippen molar-refractivity contribution in [2.45, 2.75) is 25.8 Å². The van der Waals surface area contributed by atoms with Crippen LogP contribution in [0, 0.1) is 5.92 Å². The fourth-order valence-electron chi connectivity index (χ4n) is 2.80. The van der Waals surface area contributed by atoms with E-state index >= 15 is 0 Å². The fraction of sp³-hybridized carbons (Fsp3) is 0.333. The normalized spacial score (nSPS) is 14.1. The summed E-state index contributed by atoms with van der Waals surface area (Å²) in [5, 5.41) is 9.64. The van der Waals surface area contributed by atoms with Gasteiger partial charge in [0.15, 0.2) is 5.82 Å². The first-order chi connectivity index (χ1) is 11.3. The van der Waals surface area contributed by atoms with Gasteiger partial charge in [0.25, 0.3) is 0 Å². The quantitative estimate of drug-likeness (QED) is 0.750. The number of anilines is 1. The highest BCUT2D eigenvalue weighted by atomic mass is 16.5. The molecule has 1 aliphatic rings. The molecule has 4 rings (SSSR count). The molecule has 3 aromatic rings. The van der Waals surface area contributed by atoms with Gasteiger partial charge in [0.05, 0.1) is 13.7 Å². The average molecular weight is 309 g/mol. The Labute approximate surface area is 134 Å². The number of benzene rings is 2. The largest absolute Gasteiger partial charge is 0.496 e. The molecule has 0 atom stereocenters. The number of aromatic nitrogens is 2. The maximum atomic E-state index is 5.42. The third-order valence-corrected chi connectivity index (χ3v) is 4.21. The predicted octanol–water partition coefficient (Wildman–Crippen LogP) is 3.80. The van der Waals surface area contributed by atoms with E-state index in [1.165, 1.54) is 12.8 Å². The zero-order chi connectivity index (χ0) is 15.6. The molecule has 1 fully saturated rings. The van der Waals surface area contributed by atoms with E-state index in [-0.39, 0.29) is 0 Å².